The van der Waals surface area contributed by atoms with Gasteiger partial charge in [-0.2, -0.15) is 13.2 Å². The van der Waals surface area contributed by atoms with E-state index in [2.05, 4.69) is 39.2 Å². The number of hydrogen-bond acceptors (Lipinski definition) is 18. The Morgan fingerprint density at radius 1 is 0.565 bits per heavy atom. The predicted molar refractivity (Wildman–Crippen MR) is 315 cm³/mol. The molecule has 0 aliphatic carbocycles. The Bertz CT molecular complexity index is 2950. The van der Waals surface area contributed by atoms with Crippen molar-refractivity contribution in [3.63, 3.8) is 0 Å². The molecule has 85 heavy (non-hydrogen) atoms. The maximum Gasteiger partial charge on any atom is 0.490 e. The number of carbonyl (C=O) groups excluding carboxylic acids is 5. The third-order valence-electron chi connectivity index (χ3n) is 9.45. The Labute approximate surface area is 490 Å². The minimum Gasteiger partial charge on any atom is -0.480 e. The van der Waals surface area contributed by atoms with Gasteiger partial charge in [-0.25, -0.2) is 19.2 Å². The molecule has 0 atom stereocenters. The van der Waals surface area contributed by atoms with Gasteiger partial charge in [-0.05, 0) is 103 Å². The third kappa shape index (κ3) is 37.0. The van der Waals surface area contributed by atoms with E-state index >= 15 is 0 Å². The lowest BCUT2D eigenvalue weighted by atomic mass is 9.88. The average molecular weight is 1180 g/mol. The molecule has 0 aliphatic rings. The molecule has 446 valence electrons. The SMILES string of the molecule is CB(O)N=C(NCC(=O)O)NB(C)O.NCNc1ccc(C(=O)OCc2ccccc2)cc1.Nc1ccc(C(=O)OCc2ccccc2)cc1.O=C(O)C(F)(F)F.[B]C(=O)NCNc1ccc(C(=O)OCc2ccccc2)cc1.[B]C(=O)NCO. The zero-order valence-electron chi connectivity index (χ0n) is 45.9. The Balaban J connectivity index is 0.000000534. The van der Waals surface area contributed by atoms with Crippen LogP contribution in [0.2, 0.25) is 13.6 Å². The second-order valence-electron chi connectivity index (χ2n) is 16.4. The number of nitrogen functional groups attached to an aromatic ring is 1. The molecule has 6 aromatic carbocycles. The van der Waals surface area contributed by atoms with Gasteiger partial charge in [-0.3, -0.25) is 19.3 Å². The Morgan fingerprint density at radius 3 is 1.20 bits per heavy atom. The Kier molecular flexibility index (Phi) is 36.2. The molecule has 6 aromatic rings. The topological polar surface area (TPSA) is 385 Å². The monoisotopic (exact) mass is 1180 g/mol. The zero-order chi connectivity index (χ0) is 63.6. The minimum atomic E-state index is -5.08. The van der Waals surface area contributed by atoms with Crippen LogP contribution in [0.5, 0.6) is 0 Å². The first-order valence-electron chi connectivity index (χ1n) is 24.8. The maximum atomic E-state index is 11.9. The molecule has 0 unspecified atom stereocenters. The number of rotatable bonds is 19. The van der Waals surface area contributed by atoms with E-state index in [1.54, 1.807) is 72.8 Å². The number of aliphatic hydroxyl groups is 1. The van der Waals surface area contributed by atoms with Crippen LogP contribution in [0.25, 0.3) is 0 Å². The summed E-state index contributed by atoms with van der Waals surface area (Å²) in [5, 5.41) is 56.2. The summed E-state index contributed by atoms with van der Waals surface area (Å²) in [6.45, 7) is 3.49. The molecule has 0 saturated carbocycles. The number of benzene rings is 6. The van der Waals surface area contributed by atoms with Gasteiger partial charge in [0.05, 0.1) is 30.0 Å². The van der Waals surface area contributed by atoms with Crippen LogP contribution in [0.4, 0.5) is 39.8 Å². The molecule has 0 heterocycles. The molecule has 2 amide bonds. The van der Waals surface area contributed by atoms with E-state index in [0.29, 0.717) is 29.0 Å². The first-order chi connectivity index (χ1) is 40.3. The normalized spacial score (nSPS) is 9.96. The van der Waals surface area contributed by atoms with Crippen LogP contribution in [0.15, 0.2) is 169 Å². The summed E-state index contributed by atoms with van der Waals surface area (Å²) >= 11 is 0. The van der Waals surface area contributed by atoms with E-state index in [9.17, 15) is 41.9 Å². The van der Waals surface area contributed by atoms with Gasteiger partial charge in [-0.15, -0.1) is 0 Å². The van der Waals surface area contributed by atoms with Gasteiger partial charge in [0, 0.05) is 17.1 Å². The molecule has 0 saturated heterocycles. The molecular formula is C54H62B4F3N9O15. The number of nitrogens with one attached hydrogen (secondary N) is 6. The van der Waals surface area contributed by atoms with Crippen LogP contribution in [0, 0.1) is 0 Å². The lowest BCUT2D eigenvalue weighted by Gasteiger charge is -2.11. The Hall–Kier alpha value is -9.83. The highest BCUT2D eigenvalue weighted by Crippen LogP contribution is 2.15. The van der Waals surface area contributed by atoms with Crippen LogP contribution in [-0.2, 0) is 43.6 Å². The molecule has 6 rings (SSSR count). The summed E-state index contributed by atoms with van der Waals surface area (Å²) in [6.07, 6.45) is -5.08. The Morgan fingerprint density at radius 2 is 0.918 bits per heavy atom. The van der Waals surface area contributed by atoms with Crippen LogP contribution in [0.1, 0.15) is 47.8 Å². The van der Waals surface area contributed by atoms with Crippen LogP contribution in [-0.4, -0.2) is 135 Å². The first kappa shape index (κ1) is 73.2. The fraction of sp³-hybridized carbons (Fsp3) is 0.185. The lowest BCUT2D eigenvalue weighted by molar-refractivity contribution is -0.192. The predicted octanol–water partition coefficient (Wildman–Crippen LogP) is 4.56. The number of aliphatic carboxylic acids is 2. The number of esters is 3. The number of nitrogens with two attached hydrogens (primary N) is 2. The van der Waals surface area contributed by atoms with Crippen molar-refractivity contribution >= 4 is 94.3 Å². The molecular weight excluding hydrogens is 1110 g/mol. The molecule has 0 aromatic heterocycles. The van der Waals surface area contributed by atoms with Gasteiger partial charge >= 0.3 is 50.1 Å². The molecule has 15 N–H and O–H groups in total. The summed E-state index contributed by atoms with van der Waals surface area (Å²) in [4.78, 5) is 78.2. The number of guanidine groups is 1. The maximum absolute atomic E-state index is 11.9. The molecule has 0 fully saturated rings. The number of ether oxygens (including phenoxy) is 3. The summed E-state index contributed by atoms with van der Waals surface area (Å²) in [5.74, 6) is -6.14. The number of carbonyl (C=O) groups is 7. The van der Waals surface area contributed by atoms with Crippen molar-refractivity contribution in [1.82, 2.24) is 21.2 Å². The van der Waals surface area contributed by atoms with Crippen LogP contribution >= 0.6 is 0 Å². The molecule has 0 spiro atoms. The molecule has 4 radical (unpaired) electrons. The smallest absolute Gasteiger partial charge is 0.480 e. The number of halogens is 3. The van der Waals surface area contributed by atoms with Crippen molar-refractivity contribution < 1.29 is 86.3 Å². The number of aliphatic hydroxyl groups excluding tert-OH is 1. The quantitative estimate of drug-likeness (QED) is 0.0100. The second-order valence-corrected chi connectivity index (χ2v) is 16.4. The van der Waals surface area contributed by atoms with E-state index in [4.69, 9.17) is 63.7 Å². The van der Waals surface area contributed by atoms with Crippen molar-refractivity contribution in [3.05, 3.63) is 197 Å². The number of nitrogens with zero attached hydrogens (tertiary/aromatic N) is 1. The van der Waals surface area contributed by atoms with Gasteiger partial charge < -0.3 is 82.9 Å². The van der Waals surface area contributed by atoms with Gasteiger partial charge in [-0.1, -0.05) is 91.0 Å². The van der Waals surface area contributed by atoms with Crippen molar-refractivity contribution in [3.8, 4) is 0 Å². The number of anilines is 3. The van der Waals surface area contributed by atoms with E-state index in [0.717, 1.165) is 28.1 Å². The zero-order valence-corrected chi connectivity index (χ0v) is 45.9. The van der Waals surface area contributed by atoms with Gasteiger partial charge in [0.1, 0.15) is 33.1 Å². The average Bonchev–Trinajstić information content (AvgIpc) is 3.50. The number of hydrogen-bond donors (Lipinski definition) is 13. The molecule has 24 nitrogen and oxygen atoms in total. The highest BCUT2D eigenvalue weighted by atomic mass is 19.4. The van der Waals surface area contributed by atoms with Gasteiger partial charge in [0.15, 0.2) is 17.6 Å². The van der Waals surface area contributed by atoms with Crippen molar-refractivity contribution in [2.45, 2.75) is 39.6 Å². The summed E-state index contributed by atoms with van der Waals surface area (Å²) < 4.78 is 47.4. The molecule has 0 bridgehead atoms. The first-order valence-corrected chi connectivity index (χ1v) is 24.8. The van der Waals surface area contributed by atoms with Gasteiger partial charge in [0.25, 0.3) is 0 Å². The molecule has 0 aliphatic heterocycles. The second kappa shape index (κ2) is 42.1. The van der Waals surface area contributed by atoms with Crippen LogP contribution < -0.4 is 43.3 Å². The molecule has 31 heteroatoms. The fourth-order valence-corrected chi connectivity index (χ4v) is 5.59. The third-order valence-corrected chi connectivity index (χ3v) is 9.45. The van der Waals surface area contributed by atoms with E-state index in [-0.39, 0.29) is 56.9 Å². The standard InChI is InChI=1S/C16H15BN2O3.C15H16N2O2.C14H13NO2.C5H13B2N3O4.C2H4BNO2.C2HF3O2/c17-16(21)19-11-18-14-8-6-13(7-9-14)15(20)22-10-12-4-2-1-3-5-12;16-11-17-14-8-6-13(7-9-14)15(18)19-10-12-4-2-1-3-5-12;15-13-8-6-12(7-9-13)14(16)17-10-11-4-2-1-3-5-11;1-6(13)9-5(10-7(2)14)8-3-4(11)12;3-2(6)4-1-5;3-2(4,5)1(6)7/h1-9,18H,10-11H2,(H,19,21);1-9,17H,10-11,16H2;1-9H,10,15H2;13-14H,3H2,1-2H3,(H,11,12)(H2,8,9,10);5H,1H2,(H,4,6);(H,6,7). The van der Waals surface area contributed by atoms with Crippen LogP contribution in [0.3, 0.4) is 0 Å². The lowest BCUT2D eigenvalue weighted by Crippen LogP contribution is -2.47. The number of carboxylic acid groups (broad SMARTS) is 2. The number of alkyl halides is 3. The van der Waals surface area contributed by atoms with Crippen molar-refractivity contribution in [1.29, 1.82) is 0 Å². The summed E-state index contributed by atoms with van der Waals surface area (Å²) in [5.41, 5.74) is 17.5. The highest BCUT2D eigenvalue weighted by Gasteiger charge is 2.38. The summed E-state index contributed by atoms with van der Waals surface area (Å²) in [6, 6.07) is 49.1. The van der Waals surface area contributed by atoms with Crippen molar-refractivity contribution in [2.75, 3.05) is 43.0 Å². The fourth-order valence-electron chi connectivity index (χ4n) is 5.59. The van der Waals surface area contributed by atoms with E-state index in [1.165, 1.54) is 13.6 Å². The van der Waals surface area contributed by atoms with E-state index in [1.807, 2.05) is 96.3 Å². The number of amides is 2. The van der Waals surface area contributed by atoms with Crippen molar-refractivity contribution in [2.24, 2.45) is 10.6 Å². The number of carboxylic acids is 2. The largest absolute Gasteiger partial charge is 0.490 e. The highest BCUT2D eigenvalue weighted by molar-refractivity contribution is 6.57. The van der Waals surface area contributed by atoms with Gasteiger partial charge in [0.2, 0.25) is 15.7 Å². The minimum absolute atomic E-state index is 0.0393. The van der Waals surface area contributed by atoms with E-state index < -0.39 is 50.6 Å². The summed E-state index contributed by atoms with van der Waals surface area (Å²) in [7, 11) is 7.59.